The quantitative estimate of drug-likeness (QED) is 0.714. The van der Waals surface area contributed by atoms with Crippen molar-refractivity contribution >= 4 is 27.8 Å². The number of hydrogen-bond acceptors (Lipinski definition) is 5. The summed E-state index contributed by atoms with van der Waals surface area (Å²) >= 11 is 3.35. The van der Waals surface area contributed by atoms with Gasteiger partial charge in [0.1, 0.15) is 5.60 Å². The number of benzene rings is 1. The normalized spacial score (nSPS) is 13.5. The van der Waals surface area contributed by atoms with Gasteiger partial charge >= 0.3 is 6.09 Å². The van der Waals surface area contributed by atoms with Crippen LogP contribution in [0.1, 0.15) is 48.2 Å². The van der Waals surface area contributed by atoms with E-state index < -0.39 is 11.7 Å². The minimum Gasteiger partial charge on any atom is -0.444 e. The van der Waals surface area contributed by atoms with Crippen molar-refractivity contribution in [1.29, 1.82) is 0 Å². The molecule has 6 nitrogen and oxygen atoms in total. The van der Waals surface area contributed by atoms with Crippen LogP contribution in [0, 0.1) is 0 Å². The molecule has 130 valence electrons. The van der Waals surface area contributed by atoms with Crippen molar-refractivity contribution in [2.75, 3.05) is 0 Å². The highest BCUT2D eigenvalue weighted by Crippen LogP contribution is 2.23. The molecule has 25 heavy (non-hydrogen) atoms. The average Bonchev–Trinajstić information content (AvgIpc) is 2.96. The summed E-state index contributed by atoms with van der Waals surface area (Å²) in [6.45, 7) is 6.16. The van der Waals surface area contributed by atoms with Gasteiger partial charge in [-0.1, -0.05) is 28.1 Å². The van der Waals surface area contributed by atoms with Gasteiger partial charge in [0.25, 0.3) is 0 Å². The van der Waals surface area contributed by atoms with E-state index in [1.54, 1.807) is 29.3 Å². The van der Waals surface area contributed by atoms with Gasteiger partial charge in [0, 0.05) is 21.8 Å². The summed E-state index contributed by atoms with van der Waals surface area (Å²) in [5, 5.41) is 0. The molecule has 3 rings (SSSR count). The summed E-state index contributed by atoms with van der Waals surface area (Å²) in [6, 6.07) is 7.08. The topological polar surface area (TPSA) is 72.4 Å². The van der Waals surface area contributed by atoms with E-state index in [1.807, 2.05) is 26.8 Å². The molecule has 7 heteroatoms. The number of ketones is 1. The lowest BCUT2D eigenvalue weighted by Gasteiger charge is -2.23. The van der Waals surface area contributed by atoms with Crippen molar-refractivity contribution in [3.63, 3.8) is 0 Å². The summed E-state index contributed by atoms with van der Waals surface area (Å²) in [5.41, 5.74) is 1.46. The Morgan fingerprint density at radius 1 is 1.24 bits per heavy atom. The number of fused-ring (bicyclic) bond motifs is 1. The van der Waals surface area contributed by atoms with E-state index in [2.05, 4.69) is 25.9 Å². The van der Waals surface area contributed by atoms with Gasteiger partial charge in [-0.05, 0) is 32.9 Å². The van der Waals surface area contributed by atoms with Gasteiger partial charge in [0.05, 0.1) is 18.8 Å². The minimum absolute atomic E-state index is 0.128. The Labute approximate surface area is 154 Å². The molecule has 0 spiro atoms. The van der Waals surface area contributed by atoms with E-state index in [0.29, 0.717) is 24.3 Å². The Bertz CT molecular complexity index is 846. The third-order valence-electron chi connectivity index (χ3n) is 3.60. The maximum absolute atomic E-state index is 12.6. The lowest BCUT2D eigenvalue weighted by molar-refractivity contribution is 0.0240. The summed E-state index contributed by atoms with van der Waals surface area (Å²) < 4.78 is 6.20. The molecule has 2 heterocycles. The predicted octanol–water partition coefficient (Wildman–Crippen LogP) is 3.72. The molecule has 0 radical (unpaired) electrons. The second-order valence-corrected chi connectivity index (χ2v) is 7.76. The molecule has 0 fully saturated rings. The molecule has 2 aromatic rings. The third-order valence-corrected chi connectivity index (χ3v) is 4.09. The first-order valence-corrected chi connectivity index (χ1v) is 8.65. The van der Waals surface area contributed by atoms with Crippen LogP contribution in [-0.2, 0) is 17.8 Å². The molecule has 1 aliphatic heterocycles. The molecule has 1 aromatic heterocycles. The van der Waals surface area contributed by atoms with Gasteiger partial charge in [-0.2, -0.15) is 0 Å². The van der Waals surface area contributed by atoms with Crippen LogP contribution in [0.3, 0.4) is 0 Å². The molecular formula is C18H18BrN3O3. The van der Waals surface area contributed by atoms with Gasteiger partial charge in [-0.25, -0.2) is 14.8 Å². The number of amides is 1. The number of carbonyl (C=O) groups is 2. The Hall–Kier alpha value is -2.28. The van der Waals surface area contributed by atoms with Crippen molar-refractivity contribution < 1.29 is 14.3 Å². The minimum atomic E-state index is -0.556. The maximum Gasteiger partial charge on any atom is 0.410 e. The van der Waals surface area contributed by atoms with E-state index in [4.69, 9.17) is 4.74 Å². The first-order valence-electron chi connectivity index (χ1n) is 7.86. The van der Waals surface area contributed by atoms with Gasteiger partial charge in [0.15, 0.2) is 0 Å². The third kappa shape index (κ3) is 4.04. The average molecular weight is 404 g/mol. The van der Waals surface area contributed by atoms with Crippen LogP contribution >= 0.6 is 15.9 Å². The van der Waals surface area contributed by atoms with E-state index in [1.165, 1.54) is 0 Å². The molecular weight excluding hydrogens is 386 g/mol. The first kappa shape index (κ1) is 17.5. The Balaban J connectivity index is 1.78. The van der Waals surface area contributed by atoms with E-state index in [9.17, 15) is 9.59 Å². The molecule has 0 unspecified atom stereocenters. The van der Waals surface area contributed by atoms with E-state index in [-0.39, 0.29) is 11.6 Å². The molecule has 0 saturated carbocycles. The molecule has 0 saturated heterocycles. The summed E-state index contributed by atoms with van der Waals surface area (Å²) in [4.78, 5) is 34.8. The molecule has 0 aliphatic carbocycles. The lowest BCUT2D eigenvalue weighted by atomic mass is 10.1. The fourth-order valence-electron chi connectivity index (χ4n) is 2.48. The van der Waals surface area contributed by atoms with Gasteiger partial charge < -0.3 is 4.74 Å². The van der Waals surface area contributed by atoms with Crippen molar-refractivity contribution in [1.82, 2.24) is 14.9 Å². The smallest absolute Gasteiger partial charge is 0.410 e. The number of rotatable bonds is 2. The van der Waals surface area contributed by atoms with Crippen LogP contribution in [0.2, 0.25) is 0 Å². The van der Waals surface area contributed by atoms with Crippen molar-refractivity contribution in [3.05, 3.63) is 57.6 Å². The van der Waals surface area contributed by atoms with Gasteiger partial charge in [-0.15, -0.1) is 0 Å². The van der Waals surface area contributed by atoms with Crippen LogP contribution in [0.25, 0.3) is 0 Å². The van der Waals surface area contributed by atoms with Crippen molar-refractivity contribution in [2.24, 2.45) is 0 Å². The highest BCUT2D eigenvalue weighted by molar-refractivity contribution is 9.10. The number of carbonyl (C=O) groups excluding carboxylic acids is 2. The monoisotopic (exact) mass is 403 g/mol. The zero-order valence-electron chi connectivity index (χ0n) is 14.2. The largest absolute Gasteiger partial charge is 0.444 e. The van der Waals surface area contributed by atoms with Crippen molar-refractivity contribution in [2.45, 2.75) is 39.5 Å². The highest BCUT2D eigenvalue weighted by Gasteiger charge is 2.29. The van der Waals surface area contributed by atoms with Crippen LogP contribution in [0.15, 0.2) is 34.9 Å². The summed E-state index contributed by atoms with van der Waals surface area (Å²) in [6.07, 6.45) is 1.21. The zero-order valence-corrected chi connectivity index (χ0v) is 15.8. The first-order chi connectivity index (χ1) is 11.7. The number of aromatic nitrogens is 2. The van der Waals surface area contributed by atoms with E-state index in [0.717, 1.165) is 10.0 Å². The van der Waals surface area contributed by atoms with Gasteiger partial charge in [0.2, 0.25) is 11.6 Å². The summed E-state index contributed by atoms with van der Waals surface area (Å²) in [7, 11) is 0. The standard InChI is InChI=1S/C18H18BrN3O3/c1-18(2,3)25-17(24)22-9-12-8-20-16(21-14(12)10-22)15(23)11-5-4-6-13(19)7-11/h4-8H,9-10H2,1-3H3. The number of halogens is 1. The highest BCUT2D eigenvalue weighted by atomic mass is 79.9. The second kappa shape index (κ2) is 6.55. The van der Waals surface area contributed by atoms with Crippen LogP contribution in [-0.4, -0.2) is 32.3 Å². The fourth-order valence-corrected chi connectivity index (χ4v) is 2.88. The van der Waals surface area contributed by atoms with Crippen LogP contribution in [0.5, 0.6) is 0 Å². The molecule has 1 amide bonds. The van der Waals surface area contributed by atoms with Gasteiger partial charge in [-0.3, -0.25) is 9.69 Å². The fraction of sp³-hybridized carbons (Fsp3) is 0.333. The predicted molar refractivity (Wildman–Crippen MR) is 95.1 cm³/mol. The molecule has 1 aromatic carbocycles. The SMILES string of the molecule is CC(C)(C)OC(=O)N1Cc2cnc(C(=O)c3cccc(Br)c3)nc2C1. The second-order valence-electron chi connectivity index (χ2n) is 6.84. The molecule has 1 aliphatic rings. The number of nitrogens with zero attached hydrogens (tertiary/aromatic N) is 3. The Morgan fingerprint density at radius 3 is 2.68 bits per heavy atom. The number of ether oxygens (including phenoxy) is 1. The molecule has 0 bridgehead atoms. The van der Waals surface area contributed by atoms with Crippen molar-refractivity contribution in [3.8, 4) is 0 Å². The zero-order chi connectivity index (χ0) is 18.2. The van der Waals surface area contributed by atoms with E-state index >= 15 is 0 Å². The Kier molecular flexibility index (Phi) is 4.60. The Morgan fingerprint density at radius 2 is 2.00 bits per heavy atom. The maximum atomic E-state index is 12.6. The van der Waals surface area contributed by atoms with Crippen LogP contribution < -0.4 is 0 Å². The summed E-state index contributed by atoms with van der Waals surface area (Å²) in [5.74, 6) is -0.122. The lowest BCUT2D eigenvalue weighted by Crippen LogP contribution is -2.33. The molecule has 0 N–H and O–H groups in total. The molecule has 0 atom stereocenters. The number of hydrogen-bond donors (Lipinski definition) is 0. The van der Waals surface area contributed by atoms with Crippen LogP contribution in [0.4, 0.5) is 4.79 Å².